The molecule has 5 heteroatoms. The topological polar surface area (TPSA) is 37.0 Å². The molecular formula is C7H11N3S2. The van der Waals surface area contributed by atoms with E-state index >= 15 is 0 Å². The van der Waals surface area contributed by atoms with Gasteiger partial charge in [0.2, 0.25) is 0 Å². The van der Waals surface area contributed by atoms with Crippen molar-refractivity contribution in [1.29, 1.82) is 0 Å². The summed E-state index contributed by atoms with van der Waals surface area (Å²) < 4.78 is 0. The van der Waals surface area contributed by atoms with E-state index in [9.17, 15) is 0 Å². The number of hydrogen-bond donors (Lipinski definition) is 2. The third kappa shape index (κ3) is 2.75. The first-order valence-electron chi connectivity index (χ1n) is 3.59. The summed E-state index contributed by atoms with van der Waals surface area (Å²) in [5.41, 5.74) is 1.06. The maximum absolute atomic E-state index is 4.92. The second-order valence-corrected chi connectivity index (χ2v) is 3.67. The van der Waals surface area contributed by atoms with E-state index in [-0.39, 0.29) is 0 Å². The predicted molar refractivity (Wildman–Crippen MR) is 55.3 cm³/mol. The molecule has 0 saturated heterocycles. The van der Waals surface area contributed by atoms with Crippen LogP contribution < -0.4 is 10.6 Å². The Hall–Kier alpha value is -0.680. The summed E-state index contributed by atoms with van der Waals surface area (Å²) in [6.45, 7) is 2.69. The van der Waals surface area contributed by atoms with E-state index in [1.165, 1.54) is 0 Å². The van der Waals surface area contributed by atoms with Crippen molar-refractivity contribution in [2.75, 3.05) is 7.05 Å². The van der Waals surface area contributed by atoms with Gasteiger partial charge < -0.3 is 10.6 Å². The van der Waals surface area contributed by atoms with Crippen LogP contribution in [0.15, 0.2) is 5.38 Å². The quantitative estimate of drug-likeness (QED) is 0.701. The SMILES string of the molecule is CNC(=S)NCc1nc(C)cs1. The number of thiazole rings is 1. The molecule has 0 radical (unpaired) electrons. The van der Waals surface area contributed by atoms with Crippen molar-refractivity contribution in [3.8, 4) is 0 Å². The standard InChI is InChI=1S/C7H11N3S2/c1-5-4-12-6(10-5)3-9-7(11)8-2/h4H,3H2,1-2H3,(H2,8,9,11). The van der Waals surface area contributed by atoms with Crippen LogP contribution in [-0.4, -0.2) is 17.1 Å². The highest BCUT2D eigenvalue weighted by molar-refractivity contribution is 7.80. The smallest absolute Gasteiger partial charge is 0.166 e. The Kier molecular flexibility index (Phi) is 3.43. The van der Waals surface area contributed by atoms with E-state index in [4.69, 9.17) is 12.2 Å². The number of aromatic nitrogens is 1. The van der Waals surface area contributed by atoms with Gasteiger partial charge in [0.15, 0.2) is 5.11 Å². The Bertz CT molecular complexity index is 269. The molecule has 1 rings (SSSR count). The molecule has 0 bridgehead atoms. The third-order valence-corrected chi connectivity index (χ3v) is 2.61. The van der Waals surface area contributed by atoms with Gasteiger partial charge in [-0.15, -0.1) is 11.3 Å². The minimum Gasteiger partial charge on any atom is -0.366 e. The molecule has 1 heterocycles. The van der Waals surface area contributed by atoms with E-state index in [2.05, 4.69) is 15.6 Å². The minimum absolute atomic E-state index is 0.655. The molecule has 0 aromatic carbocycles. The van der Waals surface area contributed by atoms with Gasteiger partial charge in [-0.1, -0.05) is 0 Å². The fraction of sp³-hybridized carbons (Fsp3) is 0.429. The molecule has 2 N–H and O–H groups in total. The van der Waals surface area contributed by atoms with E-state index in [0.717, 1.165) is 10.7 Å². The first-order chi connectivity index (χ1) is 5.72. The molecule has 66 valence electrons. The summed E-state index contributed by atoms with van der Waals surface area (Å²) in [4.78, 5) is 4.29. The van der Waals surface area contributed by atoms with Crippen molar-refractivity contribution in [3.05, 3.63) is 16.1 Å². The monoisotopic (exact) mass is 201 g/mol. The normalized spacial score (nSPS) is 9.50. The van der Waals surface area contributed by atoms with E-state index in [1.54, 1.807) is 18.4 Å². The number of hydrogen-bond acceptors (Lipinski definition) is 3. The van der Waals surface area contributed by atoms with E-state index in [0.29, 0.717) is 11.7 Å². The first kappa shape index (κ1) is 9.41. The van der Waals surface area contributed by atoms with Crippen molar-refractivity contribution in [1.82, 2.24) is 15.6 Å². The molecule has 0 amide bonds. The van der Waals surface area contributed by atoms with Crippen LogP contribution in [0, 0.1) is 6.92 Å². The van der Waals surface area contributed by atoms with Crippen molar-refractivity contribution in [3.63, 3.8) is 0 Å². The van der Waals surface area contributed by atoms with Gasteiger partial charge in [-0.05, 0) is 19.1 Å². The van der Waals surface area contributed by atoms with Crippen LogP contribution in [0.2, 0.25) is 0 Å². The van der Waals surface area contributed by atoms with Gasteiger partial charge in [0, 0.05) is 18.1 Å². The van der Waals surface area contributed by atoms with Gasteiger partial charge in [-0.3, -0.25) is 0 Å². The van der Waals surface area contributed by atoms with Crippen molar-refractivity contribution < 1.29 is 0 Å². The highest BCUT2D eigenvalue weighted by Gasteiger charge is 1.97. The Morgan fingerprint density at radius 2 is 2.50 bits per heavy atom. The maximum Gasteiger partial charge on any atom is 0.166 e. The van der Waals surface area contributed by atoms with E-state index in [1.807, 2.05) is 12.3 Å². The second-order valence-electron chi connectivity index (χ2n) is 2.32. The van der Waals surface area contributed by atoms with Crippen LogP contribution in [0.3, 0.4) is 0 Å². The molecule has 0 aliphatic heterocycles. The van der Waals surface area contributed by atoms with Crippen LogP contribution in [0.4, 0.5) is 0 Å². The molecule has 1 aromatic heterocycles. The minimum atomic E-state index is 0.655. The van der Waals surface area contributed by atoms with Crippen molar-refractivity contribution >= 4 is 28.7 Å². The van der Waals surface area contributed by atoms with Crippen molar-refractivity contribution in [2.45, 2.75) is 13.5 Å². The number of nitrogens with zero attached hydrogens (tertiary/aromatic N) is 1. The van der Waals surface area contributed by atoms with Crippen LogP contribution in [0.1, 0.15) is 10.7 Å². The Morgan fingerprint density at radius 3 is 3.00 bits per heavy atom. The molecule has 3 nitrogen and oxygen atoms in total. The first-order valence-corrected chi connectivity index (χ1v) is 4.87. The highest BCUT2D eigenvalue weighted by Crippen LogP contribution is 2.07. The fourth-order valence-corrected chi connectivity index (χ4v) is 1.51. The molecule has 1 aromatic rings. The van der Waals surface area contributed by atoms with Gasteiger partial charge in [-0.2, -0.15) is 0 Å². The Morgan fingerprint density at radius 1 is 1.75 bits per heavy atom. The second kappa shape index (κ2) is 4.37. The number of rotatable bonds is 2. The number of nitrogens with one attached hydrogen (secondary N) is 2. The van der Waals surface area contributed by atoms with Gasteiger partial charge in [0.1, 0.15) is 5.01 Å². The van der Waals surface area contributed by atoms with Gasteiger partial charge in [0.25, 0.3) is 0 Å². The lowest BCUT2D eigenvalue weighted by Crippen LogP contribution is -2.31. The summed E-state index contributed by atoms with van der Waals surface area (Å²) in [7, 11) is 1.79. The average molecular weight is 201 g/mol. The van der Waals surface area contributed by atoms with Gasteiger partial charge in [-0.25, -0.2) is 4.98 Å². The molecule has 12 heavy (non-hydrogen) atoms. The maximum atomic E-state index is 4.92. The van der Waals surface area contributed by atoms with Crippen LogP contribution >= 0.6 is 23.6 Å². The zero-order valence-electron chi connectivity index (χ0n) is 7.05. The molecule has 0 saturated carbocycles. The van der Waals surface area contributed by atoms with Crippen LogP contribution in [-0.2, 0) is 6.54 Å². The summed E-state index contributed by atoms with van der Waals surface area (Å²) in [5.74, 6) is 0. The number of aryl methyl sites for hydroxylation is 1. The van der Waals surface area contributed by atoms with Crippen LogP contribution in [0.5, 0.6) is 0 Å². The summed E-state index contributed by atoms with van der Waals surface area (Å²) in [6.07, 6.45) is 0. The lowest BCUT2D eigenvalue weighted by atomic mass is 10.6. The number of thiocarbonyl (C=S) groups is 1. The zero-order valence-corrected chi connectivity index (χ0v) is 8.68. The molecule has 0 atom stereocenters. The van der Waals surface area contributed by atoms with Gasteiger partial charge in [0.05, 0.1) is 6.54 Å². The van der Waals surface area contributed by atoms with Crippen molar-refractivity contribution in [2.24, 2.45) is 0 Å². The fourth-order valence-electron chi connectivity index (χ4n) is 0.728. The molecule has 0 unspecified atom stereocenters. The Labute approximate surface area is 81.2 Å². The Balaban J connectivity index is 2.38. The molecule has 0 aliphatic carbocycles. The summed E-state index contributed by atoms with van der Waals surface area (Å²) >= 11 is 6.56. The molecule has 0 spiro atoms. The van der Waals surface area contributed by atoms with Crippen LogP contribution in [0.25, 0.3) is 0 Å². The average Bonchev–Trinajstić information content (AvgIpc) is 2.47. The van der Waals surface area contributed by atoms with E-state index < -0.39 is 0 Å². The molecular weight excluding hydrogens is 190 g/mol. The lowest BCUT2D eigenvalue weighted by Gasteiger charge is -2.03. The summed E-state index contributed by atoms with van der Waals surface area (Å²) in [5, 5.41) is 9.61. The highest BCUT2D eigenvalue weighted by atomic mass is 32.1. The molecule has 0 aliphatic rings. The van der Waals surface area contributed by atoms with Gasteiger partial charge >= 0.3 is 0 Å². The largest absolute Gasteiger partial charge is 0.366 e. The zero-order chi connectivity index (χ0) is 8.97. The molecule has 0 fully saturated rings. The predicted octanol–water partition coefficient (Wildman–Crippen LogP) is 1.05. The summed E-state index contributed by atoms with van der Waals surface area (Å²) in [6, 6.07) is 0. The third-order valence-electron chi connectivity index (χ3n) is 1.29. The lowest BCUT2D eigenvalue weighted by molar-refractivity contribution is 0.875.